The molecular formula is C28H34N6O4. The third-order valence-corrected chi connectivity index (χ3v) is 6.38. The smallest absolute Gasteiger partial charge is 0.410 e. The van der Waals surface area contributed by atoms with Crippen molar-refractivity contribution >= 4 is 23.6 Å². The van der Waals surface area contributed by atoms with E-state index in [0.29, 0.717) is 53.7 Å². The van der Waals surface area contributed by atoms with Gasteiger partial charge in [-0.3, -0.25) is 9.59 Å². The second-order valence-corrected chi connectivity index (χ2v) is 10.5. The summed E-state index contributed by atoms with van der Waals surface area (Å²) in [5, 5.41) is 2.75. The number of nitrogens with one attached hydrogen (secondary N) is 1. The largest absolute Gasteiger partial charge is 0.444 e. The highest BCUT2D eigenvalue weighted by molar-refractivity contribution is 6.04. The molecule has 1 aromatic carbocycles. The fourth-order valence-electron chi connectivity index (χ4n) is 4.47. The van der Waals surface area contributed by atoms with E-state index in [1.54, 1.807) is 53.6 Å². The minimum Gasteiger partial charge on any atom is -0.444 e. The van der Waals surface area contributed by atoms with Crippen molar-refractivity contribution in [1.82, 2.24) is 19.5 Å². The molecule has 0 saturated carbocycles. The van der Waals surface area contributed by atoms with E-state index in [2.05, 4.69) is 10.3 Å². The number of aromatic nitrogens is 3. The number of ketones is 1. The van der Waals surface area contributed by atoms with Gasteiger partial charge in [0.25, 0.3) is 5.91 Å². The first-order chi connectivity index (χ1) is 18.0. The van der Waals surface area contributed by atoms with E-state index in [9.17, 15) is 14.4 Å². The predicted molar refractivity (Wildman–Crippen MR) is 144 cm³/mol. The van der Waals surface area contributed by atoms with Crippen LogP contribution in [0.1, 0.15) is 67.2 Å². The molecule has 4 rings (SSSR count). The van der Waals surface area contributed by atoms with Crippen LogP contribution in [-0.2, 0) is 11.2 Å². The fourth-order valence-corrected chi connectivity index (χ4v) is 4.47. The van der Waals surface area contributed by atoms with Crippen molar-refractivity contribution in [2.24, 2.45) is 5.92 Å². The number of amides is 2. The summed E-state index contributed by atoms with van der Waals surface area (Å²) in [6.45, 7) is 8.22. The third kappa shape index (κ3) is 6.37. The Kier molecular flexibility index (Phi) is 7.80. The summed E-state index contributed by atoms with van der Waals surface area (Å²) in [7, 11) is 0. The highest BCUT2D eigenvalue weighted by Crippen LogP contribution is 2.28. The van der Waals surface area contributed by atoms with Crippen molar-refractivity contribution in [3.05, 3.63) is 65.7 Å². The van der Waals surface area contributed by atoms with E-state index in [4.69, 9.17) is 15.6 Å². The summed E-state index contributed by atoms with van der Waals surface area (Å²) in [6, 6.07) is 12.1. The number of rotatable bonds is 6. The van der Waals surface area contributed by atoms with Crippen LogP contribution in [0.4, 0.5) is 10.6 Å². The van der Waals surface area contributed by atoms with Crippen molar-refractivity contribution in [2.45, 2.75) is 52.6 Å². The van der Waals surface area contributed by atoms with Gasteiger partial charge in [0.1, 0.15) is 28.6 Å². The van der Waals surface area contributed by atoms with Crippen LogP contribution in [-0.4, -0.2) is 56.0 Å². The van der Waals surface area contributed by atoms with Crippen LogP contribution >= 0.6 is 0 Å². The fraction of sp³-hybridized carbons (Fsp3) is 0.393. The highest BCUT2D eigenvalue weighted by Gasteiger charge is 2.29. The van der Waals surface area contributed by atoms with E-state index in [1.165, 1.54) is 11.6 Å². The van der Waals surface area contributed by atoms with Crippen LogP contribution in [0.2, 0.25) is 0 Å². The van der Waals surface area contributed by atoms with Crippen molar-refractivity contribution in [3.63, 3.8) is 0 Å². The Balaban J connectivity index is 1.46. The van der Waals surface area contributed by atoms with E-state index in [0.717, 1.165) is 12.8 Å². The molecule has 10 nitrogen and oxygen atoms in total. The summed E-state index contributed by atoms with van der Waals surface area (Å²) >= 11 is 0. The number of likely N-dealkylation sites (tertiary alicyclic amines) is 1. The number of nitrogen functional groups attached to an aromatic ring is 1. The molecule has 0 atom stereocenters. The molecule has 0 bridgehead atoms. The molecule has 3 N–H and O–H groups in total. The summed E-state index contributed by atoms with van der Waals surface area (Å²) in [4.78, 5) is 48.0. The molecule has 0 radical (unpaired) electrons. The number of pyridine rings is 1. The Morgan fingerprint density at radius 3 is 2.34 bits per heavy atom. The average Bonchev–Trinajstić information content (AvgIpc) is 3.20. The first-order valence-corrected chi connectivity index (χ1v) is 12.7. The normalized spacial score (nSPS) is 14.3. The van der Waals surface area contributed by atoms with Gasteiger partial charge in [-0.25, -0.2) is 19.4 Å². The van der Waals surface area contributed by atoms with Crippen molar-refractivity contribution < 1.29 is 19.1 Å². The van der Waals surface area contributed by atoms with Gasteiger partial charge < -0.3 is 20.8 Å². The minimum atomic E-state index is -0.529. The molecule has 200 valence electrons. The van der Waals surface area contributed by atoms with Crippen LogP contribution in [0.3, 0.4) is 0 Å². The van der Waals surface area contributed by atoms with E-state index in [1.807, 2.05) is 20.8 Å². The lowest BCUT2D eigenvalue weighted by Crippen LogP contribution is -2.42. The quantitative estimate of drug-likeness (QED) is 0.367. The number of carbonyl (C=O) groups is 3. The Labute approximate surface area is 222 Å². The Morgan fingerprint density at radius 2 is 1.76 bits per heavy atom. The number of nitrogens with two attached hydrogens (primary N) is 1. The van der Waals surface area contributed by atoms with Crippen LogP contribution in [0.15, 0.2) is 48.7 Å². The molecule has 0 unspecified atom stereocenters. The number of hydrogen-bond acceptors (Lipinski definition) is 7. The van der Waals surface area contributed by atoms with Gasteiger partial charge in [0, 0.05) is 43.8 Å². The lowest BCUT2D eigenvalue weighted by Gasteiger charge is -2.33. The molecule has 0 aliphatic carbocycles. The van der Waals surface area contributed by atoms with E-state index < -0.39 is 5.60 Å². The molecule has 38 heavy (non-hydrogen) atoms. The molecule has 1 saturated heterocycles. The summed E-state index contributed by atoms with van der Waals surface area (Å²) in [6.07, 6.45) is 3.47. The second-order valence-electron chi connectivity index (χ2n) is 10.5. The molecule has 1 aliphatic heterocycles. The molecule has 2 aromatic heterocycles. The topological polar surface area (TPSA) is 132 Å². The second kappa shape index (κ2) is 11.0. The number of benzene rings is 1. The predicted octanol–water partition coefficient (Wildman–Crippen LogP) is 4.30. The average molecular weight is 519 g/mol. The number of imidazole rings is 1. The lowest BCUT2D eigenvalue weighted by molar-refractivity contribution is 0.0183. The first kappa shape index (κ1) is 26.8. The van der Waals surface area contributed by atoms with Gasteiger partial charge in [-0.15, -0.1) is 0 Å². The summed E-state index contributed by atoms with van der Waals surface area (Å²) < 4.78 is 6.86. The Bertz CT molecular complexity index is 1300. The number of piperidine rings is 1. The van der Waals surface area contributed by atoms with Crippen LogP contribution in [0, 0.1) is 5.92 Å². The van der Waals surface area contributed by atoms with Gasteiger partial charge in [0.15, 0.2) is 5.78 Å². The zero-order valence-electron chi connectivity index (χ0n) is 22.2. The maximum absolute atomic E-state index is 12.6. The number of anilines is 1. The Hall–Kier alpha value is -4.21. The SMILES string of the molecule is CC(=O)c1c(-c2ccc(C(=O)Nc3ccccn3)cc2)nc(CC2CCN(C(=O)OC(C)(C)C)CC2)n1N. The lowest BCUT2D eigenvalue weighted by atomic mass is 9.93. The third-order valence-electron chi connectivity index (χ3n) is 6.38. The number of ether oxygens (including phenoxy) is 1. The zero-order chi connectivity index (χ0) is 27.4. The minimum absolute atomic E-state index is 0.196. The molecule has 3 heterocycles. The first-order valence-electron chi connectivity index (χ1n) is 12.7. The van der Waals surface area contributed by atoms with Crippen molar-refractivity contribution in [1.29, 1.82) is 0 Å². The highest BCUT2D eigenvalue weighted by atomic mass is 16.6. The summed E-state index contributed by atoms with van der Waals surface area (Å²) in [5.41, 5.74) is 1.41. The van der Waals surface area contributed by atoms with E-state index >= 15 is 0 Å². The van der Waals surface area contributed by atoms with Gasteiger partial charge in [-0.05, 0) is 63.8 Å². The molecule has 0 spiro atoms. The van der Waals surface area contributed by atoms with Crippen LogP contribution in [0.5, 0.6) is 0 Å². The van der Waals surface area contributed by atoms with Gasteiger partial charge in [-0.1, -0.05) is 18.2 Å². The molecule has 1 fully saturated rings. The standard InChI is InChI=1S/C28H34N6O4/c1-18(35)25-24(20-8-10-21(11-9-20)26(36)31-22-7-5-6-14-30-22)32-23(34(25)29)17-19-12-15-33(16-13-19)27(37)38-28(2,3)4/h5-11,14,19H,12-13,15-17,29H2,1-4H3,(H,30,31,36). The Morgan fingerprint density at radius 1 is 1.08 bits per heavy atom. The van der Waals surface area contributed by atoms with Gasteiger partial charge in [0.05, 0.1) is 0 Å². The van der Waals surface area contributed by atoms with Crippen LogP contribution in [0.25, 0.3) is 11.3 Å². The number of Topliss-reactive ketones (excluding diaryl/α,β-unsaturated/α-hetero) is 1. The van der Waals surface area contributed by atoms with E-state index in [-0.39, 0.29) is 23.7 Å². The molecule has 3 aromatic rings. The monoisotopic (exact) mass is 518 g/mol. The number of nitrogens with zero attached hydrogens (tertiary/aromatic N) is 4. The van der Waals surface area contributed by atoms with Crippen molar-refractivity contribution in [2.75, 3.05) is 24.2 Å². The molecular weight excluding hydrogens is 484 g/mol. The van der Waals surface area contributed by atoms with Gasteiger partial charge >= 0.3 is 6.09 Å². The summed E-state index contributed by atoms with van der Waals surface area (Å²) in [5.74, 6) is 7.20. The molecule has 2 amide bonds. The van der Waals surface area contributed by atoms with Gasteiger partial charge in [-0.2, -0.15) is 0 Å². The van der Waals surface area contributed by atoms with Crippen LogP contribution < -0.4 is 11.2 Å². The van der Waals surface area contributed by atoms with Gasteiger partial charge in [0.2, 0.25) is 0 Å². The zero-order valence-corrected chi connectivity index (χ0v) is 22.2. The number of carbonyl (C=O) groups excluding carboxylic acids is 3. The van der Waals surface area contributed by atoms with Crippen molar-refractivity contribution in [3.8, 4) is 11.3 Å². The maximum atomic E-state index is 12.6. The molecule has 10 heteroatoms. The maximum Gasteiger partial charge on any atom is 0.410 e. The number of hydrogen-bond donors (Lipinski definition) is 2. The molecule has 1 aliphatic rings.